The highest BCUT2D eigenvalue weighted by Gasteiger charge is 2.32. The predicted molar refractivity (Wildman–Crippen MR) is 73.4 cm³/mol. The first kappa shape index (κ1) is 13.5. The van der Waals surface area contributed by atoms with E-state index in [0.29, 0.717) is 26.2 Å². The smallest absolute Gasteiger partial charge is 0.317 e. The number of hydrogen-bond acceptors (Lipinski definition) is 5. The van der Waals surface area contributed by atoms with E-state index >= 15 is 0 Å². The van der Waals surface area contributed by atoms with Gasteiger partial charge in [0.1, 0.15) is 12.2 Å². The van der Waals surface area contributed by atoms with Crippen LogP contribution in [0.25, 0.3) is 0 Å². The molecule has 0 bridgehead atoms. The van der Waals surface area contributed by atoms with Gasteiger partial charge in [0.25, 0.3) is 0 Å². The maximum Gasteiger partial charge on any atom is 0.317 e. The first-order valence-corrected chi connectivity index (χ1v) is 7.04. The maximum atomic E-state index is 11.7. The molecule has 1 saturated heterocycles. The fraction of sp³-hybridized carbons (Fsp3) is 0.583. The van der Waals surface area contributed by atoms with Gasteiger partial charge in [-0.25, -0.2) is 9.48 Å². The Morgan fingerprint density at radius 3 is 2.86 bits per heavy atom. The Bertz CT molecular complexity index is 586. The van der Waals surface area contributed by atoms with Gasteiger partial charge in [0.15, 0.2) is 0 Å². The molecule has 9 nitrogen and oxygen atoms in total. The standard InChI is InChI=1S/C12H18N8O/c1-2-3-13-12(21)18-8-11(9-18)19-6-10(16-17-19)7-20-14-4-5-15-20/h4-6,11H,2-3,7-9H2,1H3,(H,13,21). The molecular formula is C12H18N8O. The Morgan fingerprint density at radius 2 is 2.14 bits per heavy atom. The molecule has 0 radical (unpaired) electrons. The summed E-state index contributed by atoms with van der Waals surface area (Å²) in [6.07, 6.45) is 6.08. The van der Waals surface area contributed by atoms with Crippen molar-refractivity contribution in [2.45, 2.75) is 25.9 Å². The van der Waals surface area contributed by atoms with Crippen LogP contribution in [0.2, 0.25) is 0 Å². The number of likely N-dealkylation sites (tertiary alicyclic amines) is 1. The van der Waals surface area contributed by atoms with Crippen molar-refractivity contribution < 1.29 is 4.79 Å². The number of carbonyl (C=O) groups is 1. The summed E-state index contributed by atoms with van der Waals surface area (Å²) in [7, 11) is 0. The van der Waals surface area contributed by atoms with E-state index in [-0.39, 0.29) is 12.1 Å². The van der Waals surface area contributed by atoms with Gasteiger partial charge < -0.3 is 10.2 Å². The van der Waals surface area contributed by atoms with Crippen molar-refractivity contribution in [3.05, 3.63) is 24.3 Å². The SMILES string of the molecule is CCCNC(=O)N1CC(n2cc(Cn3nccn3)nn2)C1. The number of aromatic nitrogens is 6. The van der Waals surface area contributed by atoms with Gasteiger partial charge in [0.05, 0.1) is 24.6 Å². The van der Waals surface area contributed by atoms with Gasteiger partial charge in [-0.1, -0.05) is 12.1 Å². The first-order valence-electron chi connectivity index (χ1n) is 7.04. The number of urea groups is 1. The summed E-state index contributed by atoms with van der Waals surface area (Å²) in [6, 6.07) is 0.193. The summed E-state index contributed by atoms with van der Waals surface area (Å²) >= 11 is 0. The first-order chi connectivity index (χ1) is 10.3. The average molecular weight is 290 g/mol. The normalized spacial score (nSPS) is 15.0. The van der Waals surface area contributed by atoms with Crippen LogP contribution in [0, 0.1) is 0 Å². The van der Waals surface area contributed by atoms with Crippen LogP contribution in [-0.4, -0.2) is 60.6 Å². The van der Waals surface area contributed by atoms with Crippen LogP contribution < -0.4 is 5.32 Å². The molecule has 1 aliphatic heterocycles. The van der Waals surface area contributed by atoms with Gasteiger partial charge in [-0.3, -0.25) is 0 Å². The summed E-state index contributed by atoms with van der Waals surface area (Å²) in [5.74, 6) is 0. The van der Waals surface area contributed by atoms with E-state index in [4.69, 9.17) is 0 Å². The summed E-state index contributed by atoms with van der Waals surface area (Å²) in [5.41, 5.74) is 0.806. The lowest BCUT2D eigenvalue weighted by Gasteiger charge is -2.38. The van der Waals surface area contributed by atoms with E-state index in [1.165, 1.54) is 0 Å². The predicted octanol–water partition coefficient (Wildman–Crippen LogP) is -0.106. The van der Waals surface area contributed by atoms with Crippen LogP contribution in [0.5, 0.6) is 0 Å². The molecule has 0 saturated carbocycles. The molecular weight excluding hydrogens is 272 g/mol. The molecule has 2 amide bonds. The molecule has 0 aliphatic carbocycles. The van der Waals surface area contributed by atoms with E-state index < -0.39 is 0 Å². The van der Waals surface area contributed by atoms with Crippen LogP contribution in [-0.2, 0) is 6.54 Å². The minimum absolute atomic E-state index is 0.00539. The van der Waals surface area contributed by atoms with Crippen molar-refractivity contribution in [3.63, 3.8) is 0 Å². The van der Waals surface area contributed by atoms with Crippen molar-refractivity contribution in [1.82, 2.24) is 40.2 Å². The van der Waals surface area contributed by atoms with E-state index in [1.54, 1.807) is 22.1 Å². The van der Waals surface area contributed by atoms with Crippen LogP contribution in [0.3, 0.4) is 0 Å². The molecule has 112 valence electrons. The highest BCUT2D eigenvalue weighted by molar-refractivity contribution is 5.75. The fourth-order valence-corrected chi connectivity index (χ4v) is 2.17. The van der Waals surface area contributed by atoms with Gasteiger partial charge >= 0.3 is 6.03 Å². The molecule has 1 fully saturated rings. The monoisotopic (exact) mass is 290 g/mol. The lowest BCUT2D eigenvalue weighted by molar-refractivity contribution is 0.117. The third-order valence-corrected chi connectivity index (χ3v) is 3.38. The van der Waals surface area contributed by atoms with E-state index in [2.05, 4.69) is 25.8 Å². The van der Waals surface area contributed by atoms with Gasteiger partial charge in [0.2, 0.25) is 0 Å². The topological polar surface area (TPSA) is 93.8 Å². The Kier molecular flexibility index (Phi) is 3.80. The lowest BCUT2D eigenvalue weighted by Crippen LogP contribution is -2.54. The zero-order valence-corrected chi connectivity index (χ0v) is 11.9. The van der Waals surface area contributed by atoms with Crippen molar-refractivity contribution >= 4 is 6.03 Å². The van der Waals surface area contributed by atoms with Crippen LogP contribution in [0.4, 0.5) is 4.79 Å². The molecule has 0 spiro atoms. The van der Waals surface area contributed by atoms with E-state index in [1.807, 2.05) is 17.8 Å². The number of carbonyl (C=O) groups excluding carboxylic acids is 1. The molecule has 1 aliphatic rings. The molecule has 21 heavy (non-hydrogen) atoms. The second-order valence-corrected chi connectivity index (χ2v) is 5.04. The Labute approximate surface area is 121 Å². The minimum Gasteiger partial charge on any atom is -0.338 e. The molecule has 0 atom stereocenters. The molecule has 2 aromatic rings. The van der Waals surface area contributed by atoms with Gasteiger partial charge in [-0.2, -0.15) is 15.0 Å². The zero-order chi connectivity index (χ0) is 14.7. The molecule has 3 rings (SSSR count). The Hall–Kier alpha value is -2.45. The van der Waals surface area contributed by atoms with Crippen LogP contribution >= 0.6 is 0 Å². The van der Waals surface area contributed by atoms with Gasteiger partial charge in [0, 0.05) is 19.6 Å². The zero-order valence-electron chi connectivity index (χ0n) is 11.9. The van der Waals surface area contributed by atoms with Crippen molar-refractivity contribution in [3.8, 4) is 0 Å². The summed E-state index contributed by atoms with van der Waals surface area (Å²) < 4.78 is 1.81. The van der Waals surface area contributed by atoms with Crippen molar-refractivity contribution in [1.29, 1.82) is 0 Å². The lowest BCUT2D eigenvalue weighted by atomic mass is 10.1. The quantitative estimate of drug-likeness (QED) is 0.829. The molecule has 2 aromatic heterocycles. The number of rotatable bonds is 5. The second-order valence-electron chi connectivity index (χ2n) is 5.04. The molecule has 0 unspecified atom stereocenters. The summed E-state index contributed by atoms with van der Waals surface area (Å²) in [5, 5.41) is 19.1. The highest BCUT2D eigenvalue weighted by atomic mass is 16.2. The number of hydrogen-bond donors (Lipinski definition) is 1. The number of amides is 2. The van der Waals surface area contributed by atoms with Crippen molar-refractivity contribution in [2.75, 3.05) is 19.6 Å². The second kappa shape index (κ2) is 5.90. The third-order valence-electron chi connectivity index (χ3n) is 3.38. The minimum atomic E-state index is -0.00539. The van der Waals surface area contributed by atoms with Crippen LogP contribution in [0.15, 0.2) is 18.6 Å². The van der Waals surface area contributed by atoms with E-state index in [9.17, 15) is 4.79 Å². The van der Waals surface area contributed by atoms with Crippen molar-refractivity contribution in [2.24, 2.45) is 0 Å². The molecule has 1 N–H and O–H groups in total. The summed E-state index contributed by atoms with van der Waals surface area (Å²) in [4.78, 5) is 15.1. The van der Waals surface area contributed by atoms with E-state index in [0.717, 1.165) is 12.1 Å². The average Bonchev–Trinajstić information content (AvgIpc) is 3.07. The molecule has 9 heteroatoms. The van der Waals surface area contributed by atoms with Gasteiger partial charge in [-0.15, -0.1) is 5.10 Å². The Balaban J connectivity index is 1.51. The summed E-state index contributed by atoms with van der Waals surface area (Å²) in [6.45, 7) is 4.58. The number of nitrogens with one attached hydrogen (secondary N) is 1. The molecule has 0 aromatic carbocycles. The third kappa shape index (κ3) is 3.01. The number of nitrogens with zero attached hydrogens (tertiary/aromatic N) is 7. The fourth-order valence-electron chi connectivity index (χ4n) is 2.17. The highest BCUT2D eigenvalue weighted by Crippen LogP contribution is 2.20. The van der Waals surface area contributed by atoms with Gasteiger partial charge in [-0.05, 0) is 6.42 Å². The largest absolute Gasteiger partial charge is 0.338 e. The molecule has 3 heterocycles. The maximum absolute atomic E-state index is 11.7. The Morgan fingerprint density at radius 1 is 1.38 bits per heavy atom. The van der Waals surface area contributed by atoms with Crippen LogP contribution in [0.1, 0.15) is 25.1 Å².